The van der Waals surface area contributed by atoms with E-state index in [2.05, 4.69) is 13.8 Å². The highest BCUT2D eigenvalue weighted by Gasteiger charge is 2.25. The molecule has 4 nitrogen and oxygen atoms in total. The quantitative estimate of drug-likeness (QED) is 0.445. The molecule has 0 radical (unpaired) electrons. The molecule has 0 spiro atoms. The van der Waals surface area contributed by atoms with Crippen molar-refractivity contribution in [1.29, 1.82) is 0 Å². The SMILES string of the molecule is Cc1ccc(S(=O)(=O)n2c(-c3ccccc3)nc3ccc(CC(C)C)cc32)cc1. The maximum atomic E-state index is 13.7. The number of aryl methyl sites for hydroxylation is 1. The van der Waals surface area contributed by atoms with E-state index in [1.165, 1.54) is 3.97 Å². The molecule has 1 aromatic heterocycles. The van der Waals surface area contributed by atoms with Crippen LogP contribution < -0.4 is 0 Å². The summed E-state index contributed by atoms with van der Waals surface area (Å²) in [5.41, 5.74) is 4.17. The van der Waals surface area contributed by atoms with Gasteiger partial charge in [-0.3, -0.25) is 0 Å². The van der Waals surface area contributed by atoms with Crippen molar-refractivity contribution in [2.45, 2.75) is 32.1 Å². The predicted molar refractivity (Wildman–Crippen MR) is 117 cm³/mol. The minimum absolute atomic E-state index is 0.258. The Bertz CT molecular complexity index is 1260. The number of rotatable bonds is 5. The zero-order valence-corrected chi connectivity index (χ0v) is 17.6. The van der Waals surface area contributed by atoms with Crippen LogP contribution in [0.5, 0.6) is 0 Å². The van der Waals surface area contributed by atoms with Crippen molar-refractivity contribution >= 4 is 21.1 Å². The zero-order chi connectivity index (χ0) is 20.6. The fourth-order valence-electron chi connectivity index (χ4n) is 3.53. The monoisotopic (exact) mass is 404 g/mol. The molecule has 4 rings (SSSR count). The first kappa shape index (κ1) is 19.4. The summed E-state index contributed by atoms with van der Waals surface area (Å²) in [6.45, 7) is 6.25. The first-order valence-electron chi connectivity index (χ1n) is 9.75. The average molecular weight is 405 g/mol. The number of aromatic nitrogens is 2. The van der Waals surface area contributed by atoms with E-state index in [1.807, 2.05) is 67.6 Å². The van der Waals surface area contributed by atoms with Gasteiger partial charge in [0, 0.05) is 5.56 Å². The van der Waals surface area contributed by atoms with Gasteiger partial charge >= 0.3 is 0 Å². The first-order chi connectivity index (χ1) is 13.9. The summed E-state index contributed by atoms with van der Waals surface area (Å²) in [5.74, 6) is 0.911. The number of benzene rings is 3. The van der Waals surface area contributed by atoms with Gasteiger partial charge in [0.2, 0.25) is 0 Å². The molecular weight excluding hydrogens is 380 g/mol. The fraction of sp³-hybridized carbons (Fsp3) is 0.208. The summed E-state index contributed by atoms with van der Waals surface area (Å²) in [5, 5.41) is 0. The van der Waals surface area contributed by atoms with Gasteiger partial charge in [-0.1, -0.05) is 67.9 Å². The second-order valence-electron chi connectivity index (χ2n) is 7.80. The molecule has 0 amide bonds. The normalized spacial score (nSPS) is 12.0. The van der Waals surface area contributed by atoms with Crippen LogP contribution in [0.1, 0.15) is 25.0 Å². The maximum absolute atomic E-state index is 13.7. The highest BCUT2D eigenvalue weighted by atomic mass is 32.2. The highest BCUT2D eigenvalue weighted by molar-refractivity contribution is 7.90. The van der Waals surface area contributed by atoms with E-state index >= 15 is 0 Å². The van der Waals surface area contributed by atoms with E-state index in [0.717, 1.165) is 23.1 Å². The van der Waals surface area contributed by atoms with Crippen LogP contribution >= 0.6 is 0 Å². The van der Waals surface area contributed by atoms with Crippen molar-refractivity contribution in [1.82, 2.24) is 8.96 Å². The summed E-state index contributed by atoms with van der Waals surface area (Å²) in [7, 11) is -3.81. The molecule has 0 saturated heterocycles. The molecule has 0 fully saturated rings. The Hall–Kier alpha value is -2.92. The minimum atomic E-state index is -3.81. The summed E-state index contributed by atoms with van der Waals surface area (Å²) in [6.07, 6.45) is 0.881. The summed E-state index contributed by atoms with van der Waals surface area (Å²) in [6, 6.07) is 22.3. The second kappa shape index (κ2) is 7.48. The molecule has 4 aromatic rings. The van der Waals surface area contributed by atoms with Crippen LogP contribution in [0, 0.1) is 12.8 Å². The molecule has 0 bridgehead atoms. The zero-order valence-electron chi connectivity index (χ0n) is 16.8. The van der Waals surface area contributed by atoms with Crippen LogP contribution in [-0.4, -0.2) is 17.4 Å². The van der Waals surface area contributed by atoms with Crippen molar-refractivity contribution in [3.05, 3.63) is 83.9 Å². The molecule has 3 aromatic carbocycles. The predicted octanol–water partition coefficient (Wildman–Crippen LogP) is 5.45. The lowest BCUT2D eigenvalue weighted by Crippen LogP contribution is -2.14. The Morgan fingerprint density at radius 1 is 0.931 bits per heavy atom. The van der Waals surface area contributed by atoms with E-state index in [4.69, 9.17) is 4.98 Å². The Morgan fingerprint density at radius 2 is 1.62 bits per heavy atom. The van der Waals surface area contributed by atoms with Gasteiger partial charge in [0.25, 0.3) is 10.0 Å². The van der Waals surface area contributed by atoms with Gasteiger partial charge in [-0.2, -0.15) is 0 Å². The van der Waals surface area contributed by atoms with Crippen molar-refractivity contribution < 1.29 is 8.42 Å². The Morgan fingerprint density at radius 3 is 2.28 bits per heavy atom. The lowest BCUT2D eigenvalue weighted by atomic mass is 10.0. The molecule has 0 aliphatic heterocycles. The third-order valence-electron chi connectivity index (χ3n) is 4.91. The number of fused-ring (bicyclic) bond motifs is 1. The third kappa shape index (κ3) is 3.70. The largest absolute Gasteiger partial charge is 0.269 e. The summed E-state index contributed by atoms with van der Waals surface area (Å²) in [4.78, 5) is 4.95. The van der Waals surface area contributed by atoms with E-state index < -0.39 is 10.0 Å². The van der Waals surface area contributed by atoms with Gasteiger partial charge in [-0.05, 0) is 49.1 Å². The van der Waals surface area contributed by atoms with Crippen LogP contribution in [0.25, 0.3) is 22.4 Å². The number of imidazole rings is 1. The maximum Gasteiger partial charge on any atom is 0.269 e. The molecule has 0 aliphatic carbocycles. The summed E-state index contributed by atoms with van der Waals surface area (Å²) >= 11 is 0. The minimum Gasteiger partial charge on any atom is -0.227 e. The Balaban J connectivity index is 2.01. The second-order valence-corrected chi connectivity index (χ2v) is 9.59. The molecule has 0 unspecified atom stereocenters. The molecule has 0 atom stereocenters. The average Bonchev–Trinajstić information content (AvgIpc) is 3.08. The van der Waals surface area contributed by atoms with Crippen molar-refractivity contribution in [3.63, 3.8) is 0 Å². The third-order valence-corrected chi connectivity index (χ3v) is 6.63. The molecule has 1 heterocycles. The molecule has 0 N–H and O–H groups in total. The van der Waals surface area contributed by atoms with Gasteiger partial charge in [-0.25, -0.2) is 17.4 Å². The van der Waals surface area contributed by atoms with E-state index in [1.54, 1.807) is 12.1 Å². The number of hydrogen-bond donors (Lipinski definition) is 0. The smallest absolute Gasteiger partial charge is 0.227 e. The van der Waals surface area contributed by atoms with Crippen molar-refractivity contribution in [3.8, 4) is 11.4 Å². The van der Waals surface area contributed by atoms with Gasteiger partial charge in [0.05, 0.1) is 15.9 Å². The molecule has 0 saturated carbocycles. The lowest BCUT2D eigenvalue weighted by Gasteiger charge is -2.12. The first-order valence-corrected chi connectivity index (χ1v) is 11.2. The molecular formula is C24H24N2O2S. The van der Waals surface area contributed by atoms with Gasteiger partial charge in [0.1, 0.15) is 0 Å². The van der Waals surface area contributed by atoms with E-state index in [0.29, 0.717) is 22.8 Å². The van der Waals surface area contributed by atoms with Crippen LogP contribution in [0.4, 0.5) is 0 Å². The van der Waals surface area contributed by atoms with Crippen molar-refractivity contribution in [2.75, 3.05) is 0 Å². The van der Waals surface area contributed by atoms with Crippen LogP contribution in [0.2, 0.25) is 0 Å². The van der Waals surface area contributed by atoms with Crippen LogP contribution in [0.3, 0.4) is 0 Å². The summed E-state index contributed by atoms with van der Waals surface area (Å²) < 4.78 is 28.7. The Labute approximate surface area is 171 Å². The van der Waals surface area contributed by atoms with Gasteiger partial charge in [-0.15, -0.1) is 0 Å². The fourth-order valence-corrected chi connectivity index (χ4v) is 5.00. The highest BCUT2D eigenvalue weighted by Crippen LogP contribution is 2.30. The molecule has 29 heavy (non-hydrogen) atoms. The van der Waals surface area contributed by atoms with Crippen molar-refractivity contribution in [2.24, 2.45) is 5.92 Å². The van der Waals surface area contributed by atoms with Crippen LogP contribution in [-0.2, 0) is 16.4 Å². The molecule has 148 valence electrons. The van der Waals surface area contributed by atoms with E-state index in [-0.39, 0.29) is 4.90 Å². The van der Waals surface area contributed by atoms with Crippen LogP contribution in [0.15, 0.2) is 77.7 Å². The van der Waals surface area contributed by atoms with E-state index in [9.17, 15) is 8.42 Å². The Kier molecular flexibility index (Phi) is 5.01. The lowest BCUT2D eigenvalue weighted by molar-refractivity contribution is 0.589. The molecule has 5 heteroatoms. The molecule has 0 aliphatic rings. The standard InChI is InChI=1S/C24H24N2O2S/c1-17(2)15-19-11-14-22-23(16-19)26(24(25-22)20-7-5-4-6-8-20)29(27,28)21-12-9-18(3)10-13-21/h4-14,16-17H,15H2,1-3H3. The number of nitrogens with zero attached hydrogens (tertiary/aromatic N) is 2. The van der Waals surface area contributed by atoms with Gasteiger partial charge < -0.3 is 0 Å². The van der Waals surface area contributed by atoms with Gasteiger partial charge in [0.15, 0.2) is 5.82 Å². The topological polar surface area (TPSA) is 52.0 Å². The number of hydrogen-bond acceptors (Lipinski definition) is 3.